The molecule has 0 saturated carbocycles. The first-order valence-electron chi connectivity index (χ1n) is 6.65. The van der Waals surface area contributed by atoms with Crippen LogP contribution in [-0.4, -0.2) is 29.6 Å². The molecule has 1 aromatic carbocycles. The topological polar surface area (TPSA) is 39.1 Å². The Kier molecular flexibility index (Phi) is 3.77. The average molecular weight is 261 g/mol. The molecule has 1 aromatic rings. The van der Waals surface area contributed by atoms with Crippen LogP contribution in [0.2, 0.25) is 0 Å². The van der Waals surface area contributed by atoms with E-state index in [0.717, 1.165) is 18.5 Å². The molecular weight excluding hydrogens is 241 g/mol. The number of nitriles is 1. The fourth-order valence-corrected chi connectivity index (χ4v) is 2.59. The van der Waals surface area contributed by atoms with Crippen molar-refractivity contribution in [2.75, 3.05) is 18.4 Å². The van der Waals surface area contributed by atoms with Crippen LogP contribution in [0.3, 0.4) is 0 Å². The molecule has 0 aliphatic carbocycles. The summed E-state index contributed by atoms with van der Waals surface area (Å²) in [6.45, 7) is 7.67. The number of benzene rings is 1. The molecular formula is C15H20FN3. The Morgan fingerprint density at radius 2 is 2.16 bits per heavy atom. The van der Waals surface area contributed by atoms with E-state index in [1.807, 2.05) is 13.0 Å². The second-order valence-electron chi connectivity index (χ2n) is 5.65. The van der Waals surface area contributed by atoms with Crippen molar-refractivity contribution in [1.82, 2.24) is 4.90 Å². The Labute approximate surface area is 114 Å². The summed E-state index contributed by atoms with van der Waals surface area (Å²) in [7, 11) is 0. The first-order valence-corrected chi connectivity index (χ1v) is 6.65. The molecule has 0 aromatic heterocycles. The number of hydrogen-bond acceptors (Lipinski definition) is 3. The molecule has 19 heavy (non-hydrogen) atoms. The van der Waals surface area contributed by atoms with Crippen molar-refractivity contribution < 1.29 is 4.39 Å². The van der Waals surface area contributed by atoms with Gasteiger partial charge in [-0.1, -0.05) is 0 Å². The predicted molar refractivity (Wildman–Crippen MR) is 74.4 cm³/mol. The number of halogens is 1. The van der Waals surface area contributed by atoms with Gasteiger partial charge in [-0.3, -0.25) is 4.90 Å². The van der Waals surface area contributed by atoms with E-state index in [2.05, 4.69) is 30.1 Å². The van der Waals surface area contributed by atoms with Crippen molar-refractivity contribution in [3.63, 3.8) is 0 Å². The lowest BCUT2D eigenvalue weighted by Crippen LogP contribution is -2.41. The SMILES string of the molecule is Cc1cc(F)cc(NC2(C#N)CCN(C(C)C)C2)c1. The summed E-state index contributed by atoms with van der Waals surface area (Å²) < 4.78 is 13.4. The molecule has 0 radical (unpaired) electrons. The number of nitrogens with one attached hydrogen (secondary N) is 1. The molecule has 0 bridgehead atoms. The van der Waals surface area contributed by atoms with Gasteiger partial charge in [-0.15, -0.1) is 0 Å². The van der Waals surface area contributed by atoms with E-state index in [1.54, 1.807) is 0 Å². The van der Waals surface area contributed by atoms with E-state index in [9.17, 15) is 9.65 Å². The molecule has 1 atom stereocenters. The lowest BCUT2D eigenvalue weighted by Gasteiger charge is -2.26. The van der Waals surface area contributed by atoms with E-state index < -0.39 is 5.54 Å². The van der Waals surface area contributed by atoms with Gasteiger partial charge in [0.1, 0.15) is 11.4 Å². The zero-order chi connectivity index (χ0) is 14.0. The van der Waals surface area contributed by atoms with Crippen LogP contribution in [0, 0.1) is 24.1 Å². The van der Waals surface area contributed by atoms with Crippen molar-refractivity contribution in [2.24, 2.45) is 0 Å². The zero-order valence-electron chi connectivity index (χ0n) is 11.7. The Morgan fingerprint density at radius 1 is 1.42 bits per heavy atom. The minimum Gasteiger partial charge on any atom is -0.366 e. The molecule has 1 heterocycles. The first-order chi connectivity index (χ1) is 8.94. The van der Waals surface area contributed by atoms with Crippen molar-refractivity contribution in [2.45, 2.75) is 38.8 Å². The third-order valence-electron chi connectivity index (χ3n) is 3.67. The summed E-state index contributed by atoms with van der Waals surface area (Å²) in [5, 5.41) is 12.7. The fourth-order valence-electron chi connectivity index (χ4n) is 2.59. The van der Waals surface area contributed by atoms with E-state index in [0.29, 0.717) is 18.3 Å². The largest absolute Gasteiger partial charge is 0.366 e. The maximum absolute atomic E-state index is 13.4. The molecule has 1 aliphatic rings. The molecule has 1 unspecified atom stereocenters. The van der Waals surface area contributed by atoms with Crippen LogP contribution in [-0.2, 0) is 0 Å². The van der Waals surface area contributed by atoms with Gasteiger partial charge in [0, 0.05) is 24.8 Å². The Morgan fingerprint density at radius 3 is 2.68 bits per heavy atom. The maximum atomic E-state index is 13.4. The van der Waals surface area contributed by atoms with Crippen LogP contribution in [0.5, 0.6) is 0 Å². The van der Waals surface area contributed by atoms with Crippen LogP contribution in [0.4, 0.5) is 10.1 Å². The fraction of sp³-hybridized carbons (Fsp3) is 0.533. The van der Waals surface area contributed by atoms with Crippen LogP contribution in [0.25, 0.3) is 0 Å². The van der Waals surface area contributed by atoms with Crippen LogP contribution in [0.1, 0.15) is 25.8 Å². The zero-order valence-corrected chi connectivity index (χ0v) is 11.7. The van der Waals surface area contributed by atoms with Gasteiger partial charge in [0.05, 0.1) is 6.07 Å². The van der Waals surface area contributed by atoms with E-state index >= 15 is 0 Å². The standard InChI is InChI=1S/C15H20FN3/c1-11(2)19-5-4-15(9-17,10-19)18-14-7-12(3)6-13(16)8-14/h6-8,11,18H,4-5,10H2,1-3H3. The molecule has 1 fully saturated rings. The minimum atomic E-state index is -0.607. The van der Waals surface area contributed by atoms with Gasteiger partial charge in [-0.25, -0.2) is 4.39 Å². The Bertz CT molecular complexity index is 486. The van der Waals surface area contributed by atoms with Crippen molar-refractivity contribution in [1.29, 1.82) is 5.26 Å². The lowest BCUT2D eigenvalue weighted by molar-refractivity contribution is 0.268. The monoisotopic (exact) mass is 261 g/mol. The number of likely N-dealkylation sites (tertiary alicyclic amines) is 1. The molecule has 1 aliphatic heterocycles. The third kappa shape index (κ3) is 3.05. The van der Waals surface area contributed by atoms with E-state index in [4.69, 9.17) is 0 Å². The van der Waals surface area contributed by atoms with Gasteiger partial charge in [0.15, 0.2) is 0 Å². The number of hydrogen-bond donors (Lipinski definition) is 1. The average Bonchev–Trinajstić information content (AvgIpc) is 2.73. The van der Waals surface area contributed by atoms with Gasteiger partial charge in [0.25, 0.3) is 0 Å². The summed E-state index contributed by atoms with van der Waals surface area (Å²) in [4.78, 5) is 2.27. The second kappa shape index (κ2) is 5.18. The number of aryl methyl sites for hydroxylation is 1. The van der Waals surface area contributed by atoms with Gasteiger partial charge in [-0.2, -0.15) is 5.26 Å². The van der Waals surface area contributed by atoms with E-state index in [-0.39, 0.29) is 5.82 Å². The minimum absolute atomic E-state index is 0.269. The highest BCUT2D eigenvalue weighted by Crippen LogP contribution is 2.27. The van der Waals surface area contributed by atoms with Crippen LogP contribution < -0.4 is 5.32 Å². The summed E-state index contributed by atoms with van der Waals surface area (Å²) >= 11 is 0. The summed E-state index contributed by atoms with van der Waals surface area (Å²) in [6.07, 6.45) is 0.761. The lowest BCUT2D eigenvalue weighted by atomic mass is 10.00. The van der Waals surface area contributed by atoms with Crippen LogP contribution in [0.15, 0.2) is 18.2 Å². The number of anilines is 1. The normalized spacial score (nSPS) is 23.6. The highest BCUT2D eigenvalue weighted by atomic mass is 19.1. The summed E-state index contributed by atoms with van der Waals surface area (Å²) in [5.41, 5.74) is 0.934. The van der Waals surface area contributed by atoms with Crippen LogP contribution >= 0.6 is 0 Å². The van der Waals surface area contributed by atoms with Gasteiger partial charge in [-0.05, 0) is 51.0 Å². The smallest absolute Gasteiger partial charge is 0.139 e. The van der Waals surface area contributed by atoms with E-state index in [1.165, 1.54) is 12.1 Å². The molecule has 102 valence electrons. The Balaban J connectivity index is 2.18. The number of nitrogens with zero attached hydrogens (tertiary/aromatic N) is 2. The second-order valence-corrected chi connectivity index (χ2v) is 5.65. The molecule has 2 rings (SSSR count). The molecule has 0 amide bonds. The highest BCUT2D eigenvalue weighted by Gasteiger charge is 2.39. The molecule has 4 heteroatoms. The summed E-state index contributed by atoms with van der Waals surface area (Å²) in [5.74, 6) is -0.269. The Hall–Kier alpha value is -1.60. The van der Waals surface area contributed by atoms with Gasteiger partial charge < -0.3 is 5.32 Å². The van der Waals surface area contributed by atoms with Crippen molar-refractivity contribution >= 4 is 5.69 Å². The predicted octanol–water partition coefficient (Wildman–Crippen LogP) is 2.92. The molecule has 3 nitrogen and oxygen atoms in total. The quantitative estimate of drug-likeness (QED) is 0.909. The summed E-state index contributed by atoms with van der Waals surface area (Å²) in [6, 6.07) is 7.61. The number of rotatable bonds is 3. The molecule has 1 saturated heterocycles. The van der Waals surface area contributed by atoms with Gasteiger partial charge >= 0.3 is 0 Å². The van der Waals surface area contributed by atoms with Gasteiger partial charge in [0.2, 0.25) is 0 Å². The molecule has 0 spiro atoms. The maximum Gasteiger partial charge on any atom is 0.139 e. The van der Waals surface area contributed by atoms with Crippen molar-refractivity contribution in [3.05, 3.63) is 29.6 Å². The third-order valence-corrected chi connectivity index (χ3v) is 3.67. The van der Waals surface area contributed by atoms with Crippen molar-refractivity contribution in [3.8, 4) is 6.07 Å². The molecule has 1 N–H and O–H groups in total. The first kappa shape index (κ1) is 13.8. The highest BCUT2D eigenvalue weighted by molar-refractivity contribution is 5.50.